The zero-order valence-electron chi connectivity index (χ0n) is 20.6. The van der Waals surface area contributed by atoms with Crippen LogP contribution in [0.25, 0.3) is 5.76 Å². The molecule has 0 saturated carbocycles. The van der Waals surface area contributed by atoms with Gasteiger partial charge in [-0.3, -0.25) is 14.5 Å². The fourth-order valence-electron chi connectivity index (χ4n) is 4.46. The van der Waals surface area contributed by atoms with Gasteiger partial charge in [0.05, 0.1) is 23.9 Å². The van der Waals surface area contributed by atoms with E-state index in [-0.39, 0.29) is 33.9 Å². The van der Waals surface area contributed by atoms with Crippen molar-refractivity contribution in [3.63, 3.8) is 0 Å². The van der Waals surface area contributed by atoms with Gasteiger partial charge in [0.25, 0.3) is 11.7 Å². The van der Waals surface area contributed by atoms with Crippen molar-refractivity contribution < 1.29 is 29.6 Å². The first-order chi connectivity index (χ1) is 17.0. The normalized spacial score (nSPS) is 17.4. The van der Waals surface area contributed by atoms with Crippen LogP contribution in [0.15, 0.2) is 72.3 Å². The first-order valence-corrected chi connectivity index (χ1v) is 11.7. The third-order valence-electron chi connectivity index (χ3n) is 6.13. The molecule has 3 N–H and O–H groups in total. The Morgan fingerprint density at radius 3 is 2.33 bits per heavy atom. The number of para-hydroxylation sites is 2. The summed E-state index contributed by atoms with van der Waals surface area (Å²) in [4.78, 5) is 27.8. The summed E-state index contributed by atoms with van der Waals surface area (Å²) in [6.45, 7) is 8.39. The number of rotatable bonds is 5. The number of hydrogen-bond donors (Lipinski definition) is 3. The summed E-state index contributed by atoms with van der Waals surface area (Å²) in [6.07, 6.45) is 0. The molecule has 1 unspecified atom stereocenters. The van der Waals surface area contributed by atoms with Crippen molar-refractivity contribution >= 4 is 23.1 Å². The number of carbonyl (C=O) groups excluding carboxylic acids is 2. The molecule has 36 heavy (non-hydrogen) atoms. The Labute approximate surface area is 209 Å². The second kappa shape index (κ2) is 9.41. The van der Waals surface area contributed by atoms with Crippen molar-refractivity contribution in [1.82, 2.24) is 0 Å². The number of aliphatic hydroxyl groups is 1. The summed E-state index contributed by atoms with van der Waals surface area (Å²) in [5, 5.41) is 32.1. The van der Waals surface area contributed by atoms with E-state index in [4.69, 9.17) is 4.74 Å². The Morgan fingerprint density at radius 1 is 0.972 bits per heavy atom. The molecule has 0 radical (unpaired) electrons. The zero-order chi connectivity index (χ0) is 26.2. The number of nitrogens with zero attached hydrogens (tertiary/aromatic N) is 1. The number of phenols is 2. The van der Waals surface area contributed by atoms with Crippen molar-refractivity contribution in [2.75, 3.05) is 11.5 Å². The number of benzene rings is 3. The highest BCUT2D eigenvalue weighted by molar-refractivity contribution is 6.51. The van der Waals surface area contributed by atoms with E-state index >= 15 is 0 Å². The van der Waals surface area contributed by atoms with Crippen molar-refractivity contribution in [3.05, 3.63) is 89.0 Å². The monoisotopic (exact) mass is 487 g/mol. The number of aliphatic hydroxyl groups excluding tert-OH is 1. The van der Waals surface area contributed by atoms with Crippen LogP contribution in [0.3, 0.4) is 0 Å². The Kier molecular flexibility index (Phi) is 6.50. The lowest BCUT2D eigenvalue weighted by molar-refractivity contribution is -0.132. The molecule has 7 nitrogen and oxygen atoms in total. The lowest BCUT2D eigenvalue weighted by atomic mass is 9.84. The van der Waals surface area contributed by atoms with Crippen LogP contribution in [-0.4, -0.2) is 33.6 Å². The molecule has 0 spiro atoms. The molecule has 0 bridgehead atoms. The second-order valence-corrected chi connectivity index (χ2v) is 9.65. The van der Waals surface area contributed by atoms with Gasteiger partial charge in [-0.05, 0) is 60.4 Å². The lowest BCUT2D eigenvalue weighted by Crippen LogP contribution is -2.29. The number of ketones is 1. The van der Waals surface area contributed by atoms with Crippen LogP contribution in [0.4, 0.5) is 5.69 Å². The number of phenolic OH excluding ortho intramolecular Hbond substituents is 2. The van der Waals surface area contributed by atoms with Crippen molar-refractivity contribution in [2.24, 2.45) is 0 Å². The minimum atomic E-state index is -1.07. The number of aromatic hydroxyl groups is 2. The third-order valence-corrected chi connectivity index (χ3v) is 6.13. The number of Topliss-reactive ketones (excluding diaryl/α,β-unsaturated/α-hetero) is 1. The van der Waals surface area contributed by atoms with Gasteiger partial charge in [-0.1, -0.05) is 45.0 Å². The highest BCUT2D eigenvalue weighted by atomic mass is 16.5. The molecule has 7 heteroatoms. The predicted octanol–water partition coefficient (Wildman–Crippen LogP) is 5.42. The van der Waals surface area contributed by atoms with Gasteiger partial charge in [0.15, 0.2) is 0 Å². The van der Waals surface area contributed by atoms with Gasteiger partial charge in [0.2, 0.25) is 0 Å². The van der Waals surface area contributed by atoms with Crippen LogP contribution in [-0.2, 0) is 15.0 Å². The minimum absolute atomic E-state index is 0.0635. The number of anilines is 1. The summed E-state index contributed by atoms with van der Waals surface area (Å²) in [6, 6.07) is 16.4. The molecule has 3 aromatic rings. The van der Waals surface area contributed by atoms with E-state index in [0.717, 1.165) is 10.5 Å². The molecule has 1 saturated heterocycles. The first-order valence-electron chi connectivity index (χ1n) is 11.7. The minimum Gasteiger partial charge on any atom is -0.508 e. The average molecular weight is 488 g/mol. The van der Waals surface area contributed by atoms with Gasteiger partial charge in [-0.25, -0.2) is 0 Å². The van der Waals surface area contributed by atoms with Crippen LogP contribution in [0, 0.1) is 0 Å². The van der Waals surface area contributed by atoms with Gasteiger partial charge in [-0.15, -0.1) is 0 Å². The molecular formula is C29H29NO6. The number of amides is 1. The molecule has 3 aromatic carbocycles. The predicted molar refractivity (Wildman–Crippen MR) is 137 cm³/mol. The molecule has 1 heterocycles. The number of carbonyl (C=O) groups is 2. The van der Waals surface area contributed by atoms with Crippen LogP contribution in [0.5, 0.6) is 17.2 Å². The zero-order valence-corrected chi connectivity index (χ0v) is 20.6. The summed E-state index contributed by atoms with van der Waals surface area (Å²) < 4.78 is 5.77. The second-order valence-electron chi connectivity index (χ2n) is 9.65. The number of hydrogen-bond acceptors (Lipinski definition) is 6. The first kappa shape index (κ1) is 24.9. The molecule has 1 fully saturated rings. The summed E-state index contributed by atoms with van der Waals surface area (Å²) in [5.41, 5.74) is 1.24. The van der Waals surface area contributed by atoms with Crippen molar-refractivity contribution in [1.29, 1.82) is 0 Å². The fourth-order valence-corrected chi connectivity index (χ4v) is 4.46. The van der Waals surface area contributed by atoms with Crippen LogP contribution >= 0.6 is 0 Å². The highest BCUT2D eigenvalue weighted by Crippen LogP contribution is 2.45. The summed E-state index contributed by atoms with van der Waals surface area (Å²) in [7, 11) is 0. The largest absolute Gasteiger partial charge is 0.508 e. The Morgan fingerprint density at radius 2 is 1.69 bits per heavy atom. The average Bonchev–Trinajstić information content (AvgIpc) is 3.09. The van der Waals surface area contributed by atoms with Crippen LogP contribution in [0.1, 0.15) is 50.4 Å². The third kappa shape index (κ3) is 4.40. The molecule has 4 rings (SSSR count). The van der Waals surface area contributed by atoms with E-state index in [1.165, 1.54) is 24.3 Å². The molecule has 0 aromatic heterocycles. The standard InChI is InChI=1S/C29H29NO6/c1-5-36-23-14-13-18(16-20(23)29(2,3)4)26(33)24-25(17-9-8-10-19(31)15-17)30(28(35)27(24)34)21-11-6-7-12-22(21)32/h6-16,25,31-33H,5H2,1-4H3/b26-24-. The molecule has 1 aliphatic heterocycles. The maximum absolute atomic E-state index is 13.4. The molecule has 1 atom stereocenters. The fraction of sp³-hybridized carbons (Fsp3) is 0.241. The van der Waals surface area contributed by atoms with E-state index in [9.17, 15) is 24.9 Å². The molecule has 186 valence electrons. The van der Waals surface area contributed by atoms with E-state index in [1.54, 1.807) is 42.5 Å². The van der Waals surface area contributed by atoms with Crippen LogP contribution in [0.2, 0.25) is 0 Å². The molecular weight excluding hydrogens is 458 g/mol. The molecule has 1 amide bonds. The summed E-state index contributed by atoms with van der Waals surface area (Å²) >= 11 is 0. The van der Waals surface area contributed by atoms with Crippen molar-refractivity contribution in [3.8, 4) is 17.2 Å². The van der Waals surface area contributed by atoms with Gasteiger partial charge < -0.3 is 20.1 Å². The quantitative estimate of drug-likeness (QED) is 0.252. The van der Waals surface area contributed by atoms with E-state index in [1.807, 2.05) is 27.7 Å². The summed E-state index contributed by atoms with van der Waals surface area (Å²) in [5.74, 6) is -1.73. The lowest BCUT2D eigenvalue weighted by Gasteiger charge is -2.26. The maximum atomic E-state index is 13.4. The van der Waals surface area contributed by atoms with Crippen molar-refractivity contribution in [2.45, 2.75) is 39.2 Å². The van der Waals surface area contributed by atoms with E-state index < -0.39 is 17.7 Å². The Hall–Kier alpha value is -4.26. The Bertz CT molecular complexity index is 1370. The van der Waals surface area contributed by atoms with Gasteiger partial charge in [0, 0.05) is 11.1 Å². The SMILES string of the molecule is CCOc1ccc(/C(O)=C2/C(=O)C(=O)N(c3ccccc3O)C2c2cccc(O)c2)cc1C(C)(C)C. The van der Waals surface area contributed by atoms with E-state index in [0.29, 0.717) is 23.5 Å². The van der Waals surface area contributed by atoms with Crippen LogP contribution < -0.4 is 9.64 Å². The van der Waals surface area contributed by atoms with Gasteiger partial charge in [0.1, 0.15) is 23.0 Å². The number of ether oxygens (including phenoxy) is 1. The maximum Gasteiger partial charge on any atom is 0.300 e. The smallest absolute Gasteiger partial charge is 0.300 e. The van der Waals surface area contributed by atoms with Gasteiger partial charge >= 0.3 is 0 Å². The Balaban J connectivity index is 1.97. The molecule has 0 aliphatic carbocycles. The highest BCUT2D eigenvalue weighted by Gasteiger charge is 2.47. The van der Waals surface area contributed by atoms with E-state index in [2.05, 4.69) is 0 Å². The molecule has 1 aliphatic rings. The topological polar surface area (TPSA) is 107 Å². The van der Waals surface area contributed by atoms with Gasteiger partial charge in [-0.2, -0.15) is 0 Å².